The lowest BCUT2D eigenvalue weighted by molar-refractivity contribution is 0.248. The largest absolute Gasteiger partial charge is 0.507 e. The number of sulfone groups is 1. The fourth-order valence-corrected chi connectivity index (χ4v) is 4.79. The van der Waals surface area contributed by atoms with E-state index < -0.39 is 9.84 Å². The zero-order valence-corrected chi connectivity index (χ0v) is 17.7. The van der Waals surface area contributed by atoms with E-state index in [2.05, 4.69) is 18.0 Å². The molecule has 0 spiro atoms. The summed E-state index contributed by atoms with van der Waals surface area (Å²) in [7, 11) is -1.27. The Hall–Kier alpha value is -2.51. The molecule has 0 amide bonds. The van der Waals surface area contributed by atoms with Crippen molar-refractivity contribution in [3.63, 3.8) is 0 Å². The summed E-state index contributed by atoms with van der Waals surface area (Å²) in [4.78, 5) is 11.9. The quantitative estimate of drug-likeness (QED) is 0.710. The van der Waals surface area contributed by atoms with Crippen molar-refractivity contribution in [2.45, 2.75) is 30.6 Å². The summed E-state index contributed by atoms with van der Waals surface area (Å²) in [6.07, 6.45) is 3.41. The fraction of sp³-hybridized carbons (Fsp3) is 0.364. The topological polar surface area (TPSA) is 83.4 Å². The number of hydrogen-bond donors (Lipinski definition) is 1. The minimum atomic E-state index is -3.40. The predicted octanol–water partition coefficient (Wildman–Crippen LogP) is 3.52. The Bertz CT molecular complexity index is 1170. The molecule has 0 saturated carbocycles. The third kappa shape index (κ3) is 3.97. The Kier molecular flexibility index (Phi) is 5.04. The van der Waals surface area contributed by atoms with Crippen LogP contribution in [0.2, 0.25) is 0 Å². The van der Waals surface area contributed by atoms with Crippen LogP contribution in [0, 0.1) is 6.92 Å². The molecule has 6 nitrogen and oxygen atoms in total. The number of phenolic OH excluding ortho intramolecular Hbond substituents is 1. The van der Waals surface area contributed by atoms with Gasteiger partial charge >= 0.3 is 0 Å². The van der Waals surface area contributed by atoms with Crippen molar-refractivity contribution in [2.24, 2.45) is 0 Å². The van der Waals surface area contributed by atoms with Crippen molar-refractivity contribution in [3.8, 4) is 17.0 Å². The molecule has 7 heteroatoms. The molecule has 3 heterocycles. The number of likely N-dealkylation sites (tertiary alicyclic amines) is 1. The van der Waals surface area contributed by atoms with Gasteiger partial charge in [0, 0.05) is 35.4 Å². The van der Waals surface area contributed by atoms with Crippen LogP contribution in [0.5, 0.6) is 5.75 Å². The Morgan fingerprint density at radius 2 is 1.90 bits per heavy atom. The SMILES string of the molecule is Cc1cc(S(C)(=O)=O)cc(O)c1-c1ccc2ccc(C3CCCN(C)C3)nc2n1. The van der Waals surface area contributed by atoms with Gasteiger partial charge in [0.05, 0.1) is 10.6 Å². The predicted molar refractivity (Wildman–Crippen MR) is 114 cm³/mol. The molecule has 3 aromatic rings. The van der Waals surface area contributed by atoms with Gasteiger partial charge < -0.3 is 10.0 Å². The van der Waals surface area contributed by atoms with Gasteiger partial charge in [-0.15, -0.1) is 0 Å². The monoisotopic (exact) mass is 411 g/mol. The Labute approximate surface area is 171 Å². The summed E-state index contributed by atoms with van der Waals surface area (Å²) in [5.41, 5.74) is 3.45. The van der Waals surface area contributed by atoms with Crippen LogP contribution in [0.4, 0.5) is 0 Å². The number of hydrogen-bond acceptors (Lipinski definition) is 6. The van der Waals surface area contributed by atoms with E-state index >= 15 is 0 Å². The van der Waals surface area contributed by atoms with E-state index in [1.165, 1.54) is 6.07 Å². The standard InChI is InChI=1S/C22H25N3O3S/c1-14-11-17(29(3,27)28)12-20(26)21(14)19-9-7-15-6-8-18(23-22(15)24-19)16-5-4-10-25(2)13-16/h6-9,11-12,16,26H,4-5,10,13H2,1-3H3. The van der Waals surface area contributed by atoms with Gasteiger partial charge in [-0.2, -0.15) is 0 Å². The third-order valence-corrected chi connectivity index (χ3v) is 6.68. The molecule has 1 fully saturated rings. The molecular formula is C22H25N3O3S. The van der Waals surface area contributed by atoms with E-state index in [1.807, 2.05) is 18.2 Å². The third-order valence-electron chi connectivity index (χ3n) is 5.59. The average molecular weight is 412 g/mol. The highest BCUT2D eigenvalue weighted by Crippen LogP contribution is 2.35. The number of likely N-dealkylation sites (N-methyl/N-ethyl adjacent to an activating group) is 1. The molecule has 1 aliphatic heterocycles. The van der Waals surface area contributed by atoms with E-state index in [9.17, 15) is 13.5 Å². The highest BCUT2D eigenvalue weighted by Gasteiger charge is 2.21. The van der Waals surface area contributed by atoms with Crippen molar-refractivity contribution in [1.82, 2.24) is 14.9 Å². The summed E-state index contributed by atoms with van der Waals surface area (Å²) in [5.74, 6) is 0.301. The second-order valence-corrected chi connectivity index (χ2v) is 10.0. The second kappa shape index (κ2) is 7.39. The molecule has 2 aromatic heterocycles. The maximum absolute atomic E-state index is 11.8. The van der Waals surface area contributed by atoms with Crippen LogP contribution in [-0.2, 0) is 9.84 Å². The first kappa shape index (κ1) is 19.8. The Morgan fingerprint density at radius 1 is 1.14 bits per heavy atom. The van der Waals surface area contributed by atoms with Gasteiger partial charge in [0.25, 0.3) is 0 Å². The van der Waals surface area contributed by atoms with Crippen molar-refractivity contribution in [1.29, 1.82) is 0 Å². The normalized spacial score (nSPS) is 18.2. The molecule has 1 aromatic carbocycles. The van der Waals surface area contributed by atoms with Gasteiger partial charge in [-0.3, -0.25) is 0 Å². The van der Waals surface area contributed by atoms with Gasteiger partial charge in [-0.1, -0.05) is 0 Å². The number of rotatable bonds is 3. The number of piperidine rings is 1. The highest BCUT2D eigenvalue weighted by atomic mass is 32.2. The maximum Gasteiger partial charge on any atom is 0.175 e. The first-order valence-corrected chi connectivity index (χ1v) is 11.6. The summed E-state index contributed by atoms with van der Waals surface area (Å²) in [5, 5.41) is 11.5. The molecule has 1 saturated heterocycles. The van der Waals surface area contributed by atoms with Gasteiger partial charge in [0.15, 0.2) is 15.5 Å². The summed E-state index contributed by atoms with van der Waals surface area (Å²) in [6, 6.07) is 10.7. The summed E-state index contributed by atoms with van der Waals surface area (Å²) in [6.45, 7) is 3.89. The lowest BCUT2D eigenvalue weighted by Gasteiger charge is -2.29. The molecule has 1 aliphatic rings. The van der Waals surface area contributed by atoms with Crippen LogP contribution in [0.1, 0.15) is 30.0 Å². The first-order chi connectivity index (χ1) is 13.7. The smallest absolute Gasteiger partial charge is 0.175 e. The number of nitrogens with zero attached hydrogens (tertiary/aromatic N) is 3. The van der Waals surface area contributed by atoms with Crippen LogP contribution in [0.3, 0.4) is 0 Å². The van der Waals surface area contributed by atoms with Gasteiger partial charge in [-0.25, -0.2) is 18.4 Å². The average Bonchev–Trinajstić information content (AvgIpc) is 2.66. The van der Waals surface area contributed by atoms with E-state index in [1.54, 1.807) is 13.0 Å². The van der Waals surface area contributed by atoms with Crippen LogP contribution >= 0.6 is 0 Å². The number of aromatic hydroxyl groups is 1. The molecule has 0 radical (unpaired) electrons. The summed E-state index contributed by atoms with van der Waals surface area (Å²) < 4.78 is 23.7. The molecule has 152 valence electrons. The van der Waals surface area contributed by atoms with Crippen molar-refractivity contribution < 1.29 is 13.5 Å². The lowest BCUT2D eigenvalue weighted by atomic mass is 9.94. The van der Waals surface area contributed by atoms with Crippen LogP contribution < -0.4 is 0 Å². The molecule has 0 bridgehead atoms. The van der Waals surface area contributed by atoms with E-state index in [0.717, 1.165) is 43.3 Å². The number of pyridine rings is 2. The van der Waals surface area contributed by atoms with E-state index in [0.29, 0.717) is 28.4 Å². The molecule has 4 rings (SSSR count). The second-order valence-electron chi connectivity index (χ2n) is 7.99. The number of phenols is 1. The minimum absolute atomic E-state index is 0.0951. The summed E-state index contributed by atoms with van der Waals surface area (Å²) >= 11 is 0. The molecular weight excluding hydrogens is 386 g/mol. The first-order valence-electron chi connectivity index (χ1n) is 9.72. The fourth-order valence-electron chi connectivity index (χ4n) is 4.07. The van der Waals surface area contributed by atoms with Crippen LogP contribution in [0.15, 0.2) is 41.3 Å². The zero-order valence-electron chi connectivity index (χ0n) is 16.9. The zero-order chi connectivity index (χ0) is 20.8. The van der Waals surface area contributed by atoms with Crippen LogP contribution in [0.25, 0.3) is 22.3 Å². The number of fused-ring (bicyclic) bond motifs is 1. The van der Waals surface area contributed by atoms with Crippen molar-refractivity contribution in [2.75, 3.05) is 26.4 Å². The van der Waals surface area contributed by atoms with Gasteiger partial charge in [0.2, 0.25) is 0 Å². The molecule has 1 N–H and O–H groups in total. The van der Waals surface area contributed by atoms with Crippen LogP contribution in [-0.4, -0.2) is 54.8 Å². The van der Waals surface area contributed by atoms with E-state index in [-0.39, 0.29) is 10.6 Å². The van der Waals surface area contributed by atoms with Crippen molar-refractivity contribution in [3.05, 3.63) is 47.7 Å². The van der Waals surface area contributed by atoms with E-state index in [4.69, 9.17) is 9.97 Å². The molecule has 0 aliphatic carbocycles. The number of benzene rings is 1. The molecule has 1 atom stereocenters. The maximum atomic E-state index is 11.8. The molecule has 29 heavy (non-hydrogen) atoms. The number of aryl methyl sites for hydroxylation is 1. The highest BCUT2D eigenvalue weighted by molar-refractivity contribution is 7.90. The number of aromatic nitrogens is 2. The van der Waals surface area contributed by atoms with Gasteiger partial charge in [0.1, 0.15) is 5.75 Å². The molecule has 1 unspecified atom stereocenters. The Morgan fingerprint density at radius 3 is 2.59 bits per heavy atom. The van der Waals surface area contributed by atoms with Crippen molar-refractivity contribution >= 4 is 20.9 Å². The lowest BCUT2D eigenvalue weighted by Crippen LogP contribution is -2.31. The van der Waals surface area contributed by atoms with Gasteiger partial charge in [-0.05, 0) is 75.3 Å². The minimum Gasteiger partial charge on any atom is -0.507 e. The Balaban J connectivity index is 1.77.